The molecular weight excluding hydrogens is 577 g/mol. The van der Waals surface area contributed by atoms with E-state index in [-0.39, 0.29) is 29.6 Å². The number of unbranched alkanes of at least 4 members (excludes halogenated alkanes) is 1. The monoisotopic (exact) mass is 627 g/mol. The number of esters is 1. The molecule has 1 aromatic heterocycles. The molecule has 0 saturated heterocycles. The molecule has 44 heavy (non-hydrogen) atoms. The van der Waals surface area contributed by atoms with Crippen molar-refractivity contribution in [2.75, 3.05) is 38.1 Å². The van der Waals surface area contributed by atoms with E-state index in [0.29, 0.717) is 34.7 Å². The van der Waals surface area contributed by atoms with Gasteiger partial charge >= 0.3 is 5.97 Å². The van der Waals surface area contributed by atoms with Gasteiger partial charge < -0.3 is 29.3 Å². The SMILES string of the molecule is CCCCC(C)(CO[Si](C)(C)C(C)(C)C)Nc1c(C(=O)OCC)c(NCc2ccc(OC)cc2OC)nc2cc(F)ccc12. The molecule has 1 heterocycles. The van der Waals surface area contributed by atoms with Crippen LogP contribution in [0, 0.1) is 5.82 Å². The normalized spacial score (nSPS) is 13.3. The summed E-state index contributed by atoms with van der Waals surface area (Å²) in [5, 5.41) is 7.69. The van der Waals surface area contributed by atoms with Gasteiger partial charge in [0, 0.05) is 29.6 Å². The number of anilines is 2. The third-order valence-corrected chi connectivity index (χ3v) is 12.9. The molecule has 0 aliphatic carbocycles. The number of carbonyl (C=O) groups excluding carboxylic acids is 1. The van der Waals surface area contributed by atoms with Crippen LogP contribution >= 0.6 is 0 Å². The Morgan fingerprint density at radius 3 is 2.36 bits per heavy atom. The number of aromatic nitrogens is 1. The first kappa shape index (κ1) is 35.1. The first-order chi connectivity index (χ1) is 20.7. The van der Waals surface area contributed by atoms with Crippen molar-refractivity contribution in [1.29, 1.82) is 0 Å². The van der Waals surface area contributed by atoms with Gasteiger partial charge in [0.05, 0.1) is 44.2 Å². The highest BCUT2D eigenvalue weighted by Crippen LogP contribution is 2.40. The Labute approximate surface area is 263 Å². The maximum absolute atomic E-state index is 14.6. The summed E-state index contributed by atoms with van der Waals surface area (Å²) < 4.78 is 37.8. The largest absolute Gasteiger partial charge is 0.497 e. The Balaban J connectivity index is 2.17. The molecule has 3 aromatic rings. The molecular formula is C34H50FN3O5Si. The van der Waals surface area contributed by atoms with Crippen molar-refractivity contribution in [3.63, 3.8) is 0 Å². The molecule has 0 amide bonds. The lowest BCUT2D eigenvalue weighted by Gasteiger charge is -2.41. The number of hydrogen-bond acceptors (Lipinski definition) is 8. The van der Waals surface area contributed by atoms with E-state index >= 15 is 0 Å². The molecule has 2 N–H and O–H groups in total. The highest BCUT2D eigenvalue weighted by atomic mass is 28.4. The molecule has 8 nitrogen and oxygen atoms in total. The molecule has 2 aromatic carbocycles. The van der Waals surface area contributed by atoms with E-state index in [4.69, 9.17) is 23.6 Å². The van der Waals surface area contributed by atoms with Crippen LogP contribution in [-0.4, -0.2) is 52.2 Å². The molecule has 10 heteroatoms. The Morgan fingerprint density at radius 2 is 1.75 bits per heavy atom. The van der Waals surface area contributed by atoms with E-state index in [2.05, 4.69) is 58.3 Å². The van der Waals surface area contributed by atoms with Gasteiger partial charge in [-0.2, -0.15) is 0 Å². The molecule has 0 bridgehead atoms. The number of nitrogens with zero attached hydrogens (tertiary/aromatic N) is 1. The van der Waals surface area contributed by atoms with Gasteiger partial charge in [-0.25, -0.2) is 14.2 Å². The van der Waals surface area contributed by atoms with Crippen LogP contribution in [0.25, 0.3) is 10.9 Å². The van der Waals surface area contributed by atoms with Gasteiger partial charge in [-0.3, -0.25) is 0 Å². The van der Waals surface area contributed by atoms with Crippen molar-refractivity contribution >= 4 is 36.7 Å². The van der Waals surface area contributed by atoms with Crippen molar-refractivity contribution in [2.45, 2.75) is 91.0 Å². The molecule has 0 aliphatic rings. The molecule has 1 atom stereocenters. The second kappa shape index (κ2) is 14.6. The predicted octanol–water partition coefficient (Wildman–Crippen LogP) is 8.56. The summed E-state index contributed by atoms with van der Waals surface area (Å²) in [4.78, 5) is 18.4. The number of benzene rings is 2. The molecule has 0 radical (unpaired) electrons. The van der Waals surface area contributed by atoms with Gasteiger partial charge in [-0.1, -0.05) is 40.5 Å². The van der Waals surface area contributed by atoms with Crippen molar-refractivity contribution < 1.29 is 27.8 Å². The molecule has 0 spiro atoms. The van der Waals surface area contributed by atoms with Crippen LogP contribution in [0.1, 0.15) is 76.7 Å². The maximum Gasteiger partial charge on any atom is 0.344 e. The van der Waals surface area contributed by atoms with Crippen LogP contribution in [0.5, 0.6) is 11.5 Å². The molecule has 1 unspecified atom stereocenters. The summed E-state index contributed by atoms with van der Waals surface area (Å²) in [6.07, 6.45) is 2.76. The van der Waals surface area contributed by atoms with Crippen LogP contribution in [-0.2, 0) is 15.7 Å². The van der Waals surface area contributed by atoms with Gasteiger partial charge in [0.1, 0.15) is 28.7 Å². The standard InChI is InChI=1S/C34H50FN3O5Si/c1-11-13-18-34(6,22-43-44(9,10)33(3,4)5)38-30-26-17-15-24(35)19-27(26)37-31(29(30)32(39)42-12-2)36-21-23-14-16-25(40-7)20-28(23)41-8/h14-17,19-20H,11-13,18,21-22H2,1-10H3,(H2,36,37,38). The summed E-state index contributed by atoms with van der Waals surface area (Å²) in [7, 11) is 1.10. The zero-order valence-electron chi connectivity index (χ0n) is 28.1. The Bertz CT molecular complexity index is 1440. The Morgan fingerprint density at radius 1 is 1.02 bits per heavy atom. The Hall–Kier alpha value is -3.37. The van der Waals surface area contributed by atoms with E-state index < -0.39 is 25.6 Å². The lowest BCUT2D eigenvalue weighted by molar-refractivity contribution is 0.0528. The number of hydrogen-bond donors (Lipinski definition) is 2. The molecule has 0 fully saturated rings. The molecule has 242 valence electrons. The average molecular weight is 628 g/mol. The fraction of sp³-hybridized carbons (Fsp3) is 0.529. The third kappa shape index (κ3) is 8.41. The number of rotatable bonds is 15. The summed E-state index contributed by atoms with van der Waals surface area (Å²) in [6, 6.07) is 9.94. The van der Waals surface area contributed by atoms with Crippen molar-refractivity contribution in [3.05, 3.63) is 53.3 Å². The molecule has 0 saturated carbocycles. The van der Waals surface area contributed by atoms with Crippen molar-refractivity contribution in [3.8, 4) is 11.5 Å². The number of halogens is 1. The van der Waals surface area contributed by atoms with Crippen LogP contribution in [0.15, 0.2) is 36.4 Å². The highest BCUT2D eigenvalue weighted by molar-refractivity contribution is 6.74. The lowest BCUT2D eigenvalue weighted by Crippen LogP contribution is -2.48. The predicted molar refractivity (Wildman–Crippen MR) is 179 cm³/mol. The molecule has 3 rings (SSSR count). The minimum absolute atomic E-state index is 0.0370. The number of methoxy groups -OCH3 is 2. The maximum atomic E-state index is 14.6. The van der Waals surface area contributed by atoms with Crippen LogP contribution < -0.4 is 20.1 Å². The van der Waals surface area contributed by atoms with Gasteiger partial charge in [0.15, 0.2) is 8.32 Å². The number of fused-ring (bicyclic) bond motifs is 1. The van der Waals surface area contributed by atoms with Gasteiger partial charge in [-0.15, -0.1) is 0 Å². The van der Waals surface area contributed by atoms with E-state index in [1.165, 1.54) is 12.1 Å². The second-order valence-corrected chi connectivity index (χ2v) is 17.8. The fourth-order valence-corrected chi connectivity index (χ4v) is 5.78. The first-order valence-electron chi connectivity index (χ1n) is 15.4. The fourth-order valence-electron chi connectivity index (χ4n) is 4.67. The first-order valence-corrected chi connectivity index (χ1v) is 18.3. The van der Waals surface area contributed by atoms with Crippen LogP contribution in [0.2, 0.25) is 18.1 Å². The number of nitrogens with one attached hydrogen (secondary N) is 2. The molecule has 0 aliphatic heterocycles. The van der Waals surface area contributed by atoms with E-state index in [0.717, 1.165) is 24.8 Å². The van der Waals surface area contributed by atoms with Crippen LogP contribution in [0.4, 0.5) is 15.9 Å². The number of ether oxygens (including phenoxy) is 3. The zero-order chi connectivity index (χ0) is 32.7. The van der Waals surface area contributed by atoms with Gasteiger partial charge in [0.2, 0.25) is 0 Å². The lowest BCUT2D eigenvalue weighted by atomic mass is 9.94. The number of carbonyl (C=O) groups is 1. The minimum atomic E-state index is -2.08. The van der Waals surface area contributed by atoms with E-state index in [9.17, 15) is 9.18 Å². The topological polar surface area (TPSA) is 90.9 Å². The van der Waals surface area contributed by atoms with Crippen molar-refractivity contribution in [2.24, 2.45) is 0 Å². The summed E-state index contributed by atoms with van der Waals surface area (Å²) in [6.45, 7) is 18.1. The zero-order valence-corrected chi connectivity index (χ0v) is 29.1. The van der Waals surface area contributed by atoms with Gasteiger partial charge in [0.25, 0.3) is 0 Å². The summed E-state index contributed by atoms with van der Waals surface area (Å²) >= 11 is 0. The average Bonchev–Trinajstić information content (AvgIpc) is 2.97. The Kier molecular flexibility index (Phi) is 11.7. The summed E-state index contributed by atoms with van der Waals surface area (Å²) in [5.41, 5.74) is 1.50. The summed E-state index contributed by atoms with van der Waals surface area (Å²) in [5.74, 6) is 0.619. The number of pyridine rings is 1. The third-order valence-electron chi connectivity index (χ3n) is 8.43. The van der Waals surface area contributed by atoms with Crippen LogP contribution in [0.3, 0.4) is 0 Å². The highest BCUT2D eigenvalue weighted by Gasteiger charge is 2.40. The minimum Gasteiger partial charge on any atom is -0.497 e. The van der Waals surface area contributed by atoms with Crippen molar-refractivity contribution in [1.82, 2.24) is 4.98 Å². The second-order valence-electron chi connectivity index (χ2n) is 13.0. The van der Waals surface area contributed by atoms with E-state index in [1.54, 1.807) is 33.3 Å². The van der Waals surface area contributed by atoms with E-state index in [1.807, 2.05) is 12.1 Å². The quantitative estimate of drug-likeness (QED) is 0.128. The van der Waals surface area contributed by atoms with Gasteiger partial charge in [-0.05, 0) is 62.7 Å². The smallest absolute Gasteiger partial charge is 0.344 e.